The van der Waals surface area contributed by atoms with E-state index in [-0.39, 0.29) is 24.7 Å². The van der Waals surface area contributed by atoms with Gasteiger partial charge in [-0.15, -0.1) is 0 Å². The Morgan fingerprint density at radius 3 is 2.39 bits per heavy atom. The lowest BCUT2D eigenvalue weighted by Crippen LogP contribution is -2.43. The van der Waals surface area contributed by atoms with Crippen LogP contribution in [-0.2, 0) is 36.8 Å². The van der Waals surface area contributed by atoms with Crippen LogP contribution < -0.4 is 5.32 Å². The largest absolute Gasteiger partial charge is 0.453 e. The minimum atomic E-state index is -0.896. The number of esters is 1. The number of nitrogens with one attached hydrogen (secondary N) is 1. The molecule has 1 saturated heterocycles. The topological polar surface area (TPSA) is 110 Å². The standard InChI is InChI=1S/C32H39N3O6/c1-21-29(19-35(4)18-16-27-7-5-6-17-33-27)40-32(41-30(21)25-10-8-24(20-36)9-11-25)26-12-14-28(15-13-26)34-31(38)22(2)39-23(3)37/h5-15,17,21-22,29-30,32,36H,16,18-20H2,1-4H3,(H,34,38)/t21-,22-,29+,30+,32+/m0/s1. The van der Waals surface area contributed by atoms with E-state index >= 15 is 0 Å². The number of pyridine rings is 1. The molecule has 2 heterocycles. The van der Waals surface area contributed by atoms with Crippen molar-refractivity contribution in [2.45, 2.75) is 58.4 Å². The zero-order valence-corrected chi connectivity index (χ0v) is 24.0. The summed E-state index contributed by atoms with van der Waals surface area (Å²) in [5.41, 5.74) is 4.31. The molecular formula is C32H39N3O6. The summed E-state index contributed by atoms with van der Waals surface area (Å²) in [7, 11) is 2.09. The highest BCUT2D eigenvalue weighted by molar-refractivity contribution is 5.94. The Hall–Kier alpha value is -3.63. The van der Waals surface area contributed by atoms with E-state index < -0.39 is 24.3 Å². The molecule has 218 valence electrons. The van der Waals surface area contributed by atoms with Crippen molar-refractivity contribution in [1.82, 2.24) is 9.88 Å². The number of hydrogen-bond donors (Lipinski definition) is 2. The molecule has 0 saturated carbocycles. The number of likely N-dealkylation sites (N-methyl/N-ethyl adjacent to an activating group) is 1. The average Bonchev–Trinajstić information content (AvgIpc) is 2.98. The van der Waals surface area contributed by atoms with Crippen LogP contribution in [0.15, 0.2) is 72.9 Å². The van der Waals surface area contributed by atoms with Crippen LogP contribution in [0.2, 0.25) is 0 Å². The van der Waals surface area contributed by atoms with E-state index in [4.69, 9.17) is 14.2 Å². The summed E-state index contributed by atoms with van der Waals surface area (Å²) in [6, 6.07) is 21.1. The van der Waals surface area contributed by atoms with E-state index in [1.54, 1.807) is 12.1 Å². The second kappa shape index (κ2) is 14.3. The van der Waals surface area contributed by atoms with E-state index in [0.717, 1.165) is 35.3 Å². The van der Waals surface area contributed by atoms with Crippen molar-refractivity contribution in [3.63, 3.8) is 0 Å². The number of nitrogens with zero attached hydrogens (tertiary/aromatic N) is 2. The summed E-state index contributed by atoms with van der Waals surface area (Å²) in [6.45, 7) is 6.47. The molecule has 1 aliphatic rings. The van der Waals surface area contributed by atoms with Gasteiger partial charge in [-0.3, -0.25) is 14.6 Å². The van der Waals surface area contributed by atoms with Crippen molar-refractivity contribution >= 4 is 17.6 Å². The van der Waals surface area contributed by atoms with Gasteiger partial charge < -0.3 is 29.5 Å². The van der Waals surface area contributed by atoms with Gasteiger partial charge in [0.2, 0.25) is 0 Å². The third-order valence-corrected chi connectivity index (χ3v) is 7.25. The first-order valence-corrected chi connectivity index (χ1v) is 13.9. The Morgan fingerprint density at radius 1 is 1.05 bits per heavy atom. The molecule has 1 aromatic heterocycles. The van der Waals surface area contributed by atoms with E-state index in [2.05, 4.69) is 29.2 Å². The Kier molecular flexibility index (Phi) is 10.6. The van der Waals surface area contributed by atoms with Crippen LogP contribution in [0.4, 0.5) is 5.69 Å². The Balaban J connectivity index is 1.48. The lowest BCUT2D eigenvalue weighted by molar-refractivity contribution is -0.275. The maximum absolute atomic E-state index is 12.3. The van der Waals surface area contributed by atoms with Gasteiger partial charge in [0.1, 0.15) is 0 Å². The van der Waals surface area contributed by atoms with Gasteiger partial charge in [-0.25, -0.2) is 0 Å². The second-order valence-corrected chi connectivity index (χ2v) is 10.5. The number of amides is 1. The SMILES string of the molecule is CC(=O)O[C@@H](C)C(=O)Nc1ccc([C@@H]2O[C@H](CN(C)CCc3ccccn3)[C@H](C)[C@H](c3ccc(CO)cc3)O2)cc1. The van der Waals surface area contributed by atoms with E-state index in [9.17, 15) is 14.7 Å². The van der Waals surface area contributed by atoms with Crippen LogP contribution in [0, 0.1) is 5.92 Å². The quantitative estimate of drug-likeness (QED) is 0.331. The molecule has 0 unspecified atom stereocenters. The van der Waals surface area contributed by atoms with Gasteiger partial charge in [-0.05, 0) is 49.4 Å². The number of anilines is 1. The van der Waals surface area contributed by atoms with E-state index in [1.807, 2.05) is 60.8 Å². The molecule has 1 fully saturated rings. The van der Waals surface area contributed by atoms with Crippen molar-refractivity contribution < 1.29 is 28.9 Å². The van der Waals surface area contributed by atoms with Gasteiger partial charge in [0.25, 0.3) is 5.91 Å². The second-order valence-electron chi connectivity index (χ2n) is 10.5. The first-order chi connectivity index (χ1) is 19.7. The van der Waals surface area contributed by atoms with Crippen molar-refractivity contribution in [3.8, 4) is 0 Å². The molecule has 9 nitrogen and oxygen atoms in total. The smallest absolute Gasteiger partial charge is 0.303 e. The molecule has 5 atom stereocenters. The fourth-order valence-electron chi connectivity index (χ4n) is 4.85. The predicted octanol–water partition coefficient (Wildman–Crippen LogP) is 4.43. The van der Waals surface area contributed by atoms with Crippen LogP contribution >= 0.6 is 0 Å². The van der Waals surface area contributed by atoms with Crippen molar-refractivity contribution in [3.05, 3.63) is 95.3 Å². The van der Waals surface area contributed by atoms with Crippen LogP contribution in [-0.4, -0.2) is 59.2 Å². The maximum atomic E-state index is 12.3. The number of aliphatic hydroxyl groups excluding tert-OH is 1. The summed E-state index contributed by atoms with van der Waals surface area (Å²) in [5, 5.41) is 12.3. The number of aromatic nitrogens is 1. The van der Waals surface area contributed by atoms with Gasteiger partial charge in [-0.2, -0.15) is 0 Å². The molecule has 2 N–H and O–H groups in total. The third kappa shape index (κ3) is 8.43. The molecule has 2 aromatic carbocycles. The number of ether oxygens (including phenoxy) is 3. The molecule has 1 aliphatic heterocycles. The van der Waals surface area contributed by atoms with Crippen LogP contribution in [0.25, 0.3) is 0 Å². The molecule has 3 aromatic rings. The molecular weight excluding hydrogens is 522 g/mol. The first kappa shape index (κ1) is 30.3. The summed E-state index contributed by atoms with van der Waals surface area (Å²) >= 11 is 0. The van der Waals surface area contributed by atoms with Crippen molar-refractivity contribution in [1.29, 1.82) is 0 Å². The Morgan fingerprint density at radius 2 is 1.76 bits per heavy atom. The molecule has 0 radical (unpaired) electrons. The normalized spacial score (nSPS) is 21.3. The van der Waals surface area contributed by atoms with Gasteiger partial charge in [0, 0.05) is 55.5 Å². The number of aliphatic hydroxyl groups is 1. The number of carbonyl (C=O) groups is 2. The summed E-state index contributed by atoms with van der Waals surface area (Å²) in [4.78, 5) is 30.2. The first-order valence-electron chi connectivity index (χ1n) is 13.9. The number of rotatable bonds is 11. The monoisotopic (exact) mass is 561 g/mol. The minimum absolute atomic E-state index is 0.0146. The highest BCUT2D eigenvalue weighted by atomic mass is 16.7. The van der Waals surface area contributed by atoms with E-state index in [0.29, 0.717) is 12.2 Å². The van der Waals surface area contributed by atoms with Crippen LogP contribution in [0.3, 0.4) is 0 Å². The molecule has 9 heteroatoms. The summed E-state index contributed by atoms with van der Waals surface area (Å²) in [6.07, 6.45) is 0.800. The highest BCUT2D eigenvalue weighted by Crippen LogP contribution is 2.42. The maximum Gasteiger partial charge on any atom is 0.303 e. The molecule has 41 heavy (non-hydrogen) atoms. The zero-order valence-electron chi connectivity index (χ0n) is 24.0. The zero-order chi connectivity index (χ0) is 29.4. The van der Waals surface area contributed by atoms with Gasteiger partial charge in [0.15, 0.2) is 12.4 Å². The van der Waals surface area contributed by atoms with Crippen LogP contribution in [0.1, 0.15) is 55.5 Å². The lowest BCUT2D eigenvalue weighted by Gasteiger charge is -2.42. The molecule has 1 amide bonds. The highest BCUT2D eigenvalue weighted by Gasteiger charge is 2.38. The Bertz CT molecular complexity index is 1270. The average molecular weight is 562 g/mol. The minimum Gasteiger partial charge on any atom is -0.453 e. The van der Waals surface area contributed by atoms with E-state index in [1.165, 1.54) is 13.8 Å². The summed E-state index contributed by atoms with van der Waals surface area (Å²) < 4.78 is 18.0. The van der Waals surface area contributed by atoms with Crippen molar-refractivity contribution in [2.24, 2.45) is 5.92 Å². The van der Waals surface area contributed by atoms with Gasteiger partial charge in [-0.1, -0.05) is 49.4 Å². The molecule has 4 rings (SSSR count). The number of carbonyl (C=O) groups excluding carboxylic acids is 2. The van der Waals surface area contributed by atoms with Gasteiger partial charge >= 0.3 is 5.97 Å². The molecule has 0 spiro atoms. The fraction of sp³-hybridized carbons (Fsp3) is 0.406. The van der Waals surface area contributed by atoms with Crippen LogP contribution in [0.5, 0.6) is 0 Å². The fourth-order valence-corrected chi connectivity index (χ4v) is 4.85. The Labute approximate surface area is 241 Å². The van der Waals surface area contributed by atoms with Crippen molar-refractivity contribution in [2.75, 3.05) is 25.5 Å². The number of benzene rings is 2. The summed E-state index contributed by atoms with van der Waals surface area (Å²) in [5.74, 6) is -0.863. The lowest BCUT2D eigenvalue weighted by atomic mass is 9.90. The van der Waals surface area contributed by atoms with Gasteiger partial charge in [0.05, 0.1) is 18.8 Å². The molecule has 0 bridgehead atoms. The molecule has 0 aliphatic carbocycles. The number of hydrogen-bond acceptors (Lipinski definition) is 8. The predicted molar refractivity (Wildman–Crippen MR) is 155 cm³/mol. The third-order valence-electron chi connectivity index (χ3n) is 7.25.